The third-order valence-corrected chi connectivity index (χ3v) is 7.09. The van der Waals surface area contributed by atoms with Gasteiger partial charge in [-0.3, -0.25) is 14.5 Å². The topological polar surface area (TPSA) is 78.5 Å². The monoisotopic (exact) mass is 429 g/mol. The van der Waals surface area contributed by atoms with E-state index in [4.69, 9.17) is 0 Å². The number of amides is 4. The van der Waals surface area contributed by atoms with Gasteiger partial charge in [-0.1, -0.05) is 60.2 Å². The normalized spacial score (nSPS) is 26.4. The first-order valence-corrected chi connectivity index (χ1v) is 11.2. The standard InChI is InChI=1S/C26H27N3O3/c1-15-8-11-20(16(2)12-15)28-26(32)27-14-21(17-6-4-3-5-7-17)29-24(30)22-18-9-10-19(13-18)23(22)25(29)31/h3-12,18-19,21-23H,13-14H2,1-2H3,(H2,27,28,32). The van der Waals surface area contributed by atoms with E-state index in [9.17, 15) is 14.4 Å². The summed E-state index contributed by atoms with van der Waals surface area (Å²) in [5.41, 5.74) is 3.66. The van der Waals surface area contributed by atoms with Crippen molar-refractivity contribution >= 4 is 23.5 Å². The van der Waals surface area contributed by atoms with Gasteiger partial charge in [-0.25, -0.2) is 4.79 Å². The van der Waals surface area contributed by atoms with Crippen LogP contribution in [0.1, 0.15) is 29.2 Å². The highest BCUT2D eigenvalue weighted by Gasteiger charge is 2.60. The summed E-state index contributed by atoms with van der Waals surface area (Å²) in [5, 5.41) is 5.75. The van der Waals surface area contributed by atoms with Crippen LogP contribution in [0, 0.1) is 37.5 Å². The van der Waals surface area contributed by atoms with Gasteiger partial charge in [-0.05, 0) is 49.3 Å². The molecule has 0 aromatic heterocycles. The Morgan fingerprint density at radius 3 is 2.28 bits per heavy atom. The van der Waals surface area contributed by atoms with Crippen LogP contribution in [0.5, 0.6) is 0 Å². The second-order valence-electron chi connectivity index (χ2n) is 9.13. The van der Waals surface area contributed by atoms with E-state index in [1.54, 1.807) is 0 Å². The number of imide groups is 1. The summed E-state index contributed by atoms with van der Waals surface area (Å²) in [6.45, 7) is 4.10. The number of urea groups is 1. The van der Waals surface area contributed by atoms with Gasteiger partial charge in [0.25, 0.3) is 0 Å². The molecule has 2 aromatic rings. The highest BCUT2D eigenvalue weighted by molar-refractivity contribution is 6.07. The van der Waals surface area contributed by atoms with Crippen LogP contribution in [0.25, 0.3) is 0 Å². The lowest BCUT2D eigenvalue weighted by molar-refractivity contribution is -0.143. The first kappa shape index (κ1) is 20.5. The van der Waals surface area contributed by atoms with Crippen LogP contribution in [-0.4, -0.2) is 29.3 Å². The van der Waals surface area contributed by atoms with Crippen LogP contribution in [0.3, 0.4) is 0 Å². The van der Waals surface area contributed by atoms with Crippen LogP contribution in [0.2, 0.25) is 0 Å². The van der Waals surface area contributed by atoms with Crippen molar-refractivity contribution in [2.24, 2.45) is 23.7 Å². The molecule has 3 aliphatic rings. The minimum Gasteiger partial charge on any atom is -0.335 e. The molecule has 5 unspecified atom stereocenters. The average molecular weight is 430 g/mol. The smallest absolute Gasteiger partial charge is 0.319 e. The maximum atomic E-state index is 13.4. The summed E-state index contributed by atoms with van der Waals surface area (Å²) < 4.78 is 0. The first-order valence-electron chi connectivity index (χ1n) is 11.2. The van der Waals surface area contributed by atoms with Gasteiger partial charge in [-0.2, -0.15) is 0 Å². The summed E-state index contributed by atoms with van der Waals surface area (Å²) in [6, 6.07) is 14.4. The maximum absolute atomic E-state index is 13.4. The second kappa shape index (κ2) is 7.93. The van der Waals surface area contributed by atoms with Gasteiger partial charge in [0.15, 0.2) is 0 Å². The Labute approximate surface area is 187 Å². The molecule has 2 N–H and O–H groups in total. The highest BCUT2D eigenvalue weighted by atomic mass is 16.2. The van der Waals surface area contributed by atoms with E-state index in [1.165, 1.54) is 4.90 Å². The van der Waals surface area contributed by atoms with Crippen LogP contribution in [0.15, 0.2) is 60.7 Å². The predicted octanol–water partition coefficient (Wildman–Crippen LogP) is 3.97. The fourth-order valence-corrected chi connectivity index (χ4v) is 5.58. The zero-order valence-corrected chi connectivity index (χ0v) is 18.2. The molecule has 2 fully saturated rings. The molecule has 1 saturated carbocycles. The number of benzene rings is 2. The Bertz CT molecular complexity index is 1080. The zero-order valence-electron chi connectivity index (χ0n) is 18.2. The van der Waals surface area contributed by atoms with E-state index in [0.29, 0.717) is 0 Å². The number of allylic oxidation sites excluding steroid dienone is 2. The number of nitrogens with one attached hydrogen (secondary N) is 2. The number of fused-ring (bicyclic) bond motifs is 5. The van der Waals surface area contributed by atoms with Crippen LogP contribution >= 0.6 is 0 Å². The third-order valence-electron chi connectivity index (χ3n) is 7.09. The molecule has 2 aliphatic carbocycles. The molecule has 32 heavy (non-hydrogen) atoms. The van der Waals surface area contributed by atoms with Crippen molar-refractivity contribution in [1.82, 2.24) is 10.2 Å². The molecule has 0 radical (unpaired) electrons. The number of hydrogen-bond donors (Lipinski definition) is 2. The summed E-state index contributed by atoms with van der Waals surface area (Å²) in [4.78, 5) is 40.8. The number of rotatable bonds is 5. The minimum atomic E-state index is -0.536. The fourth-order valence-electron chi connectivity index (χ4n) is 5.58. The van der Waals surface area contributed by atoms with Gasteiger partial charge < -0.3 is 10.6 Å². The molecule has 1 aliphatic heterocycles. The third kappa shape index (κ3) is 3.40. The number of likely N-dealkylation sites (tertiary alicyclic amines) is 1. The lowest BCUT2D eigenvalue weighted by Crippen LogP contribution is -2.43. The molecule has 2 bridgehead atoms. The van der Waals surface area contributed by atoms with Crippen LogP contribution in [-0.2, 0) is 9.59 Å². The fraction of sp³-hybridized carbons (Fsp3) is 0.346. The number of hydrogen-bond acceptors (Lipinski definition) is 3. The van der Waals surface area contributed by atoms with Crippen LogP contribution in [0.4, 0.5) is 10.5 Å². The summed E-state index contributed by atoms with van der Waals surface area (Å²) in [5.74, 6) is -0.419. The van der Waals surface area contributed by atoms with Crippen molar-refractivity contribution in [2.45, 2.75) is 26.3 Å². The van der Waals surface area contributed by atoms with E-state index in [0.717, 1.165) is 28.8 Å². The predicted molar refractivity (Wildman–Crippen MR) is 122 cm³/mol. The van der Waals surface area contributed by atoms with Crippen LogP contribution < -0.4 is 10.6 Å². The molecule has 2 aromatic carbocycles. The Balaban J connectivity index is 1.35. The molecule has 6 heteroatoms. The molecule has 5 rings (SSSR count). The Morgan fingerprint density at radius 2 is 1.66 bits per heavy atom. The molecular formula is C26H27N3O3. The van der Waals surface area contributed by atoms with E-state index < -0.39 is 6.04 Å². The Hall–Kier alpha value is -3.41. The average Bonchev–Trinajstić information content (AvgIpc) is 3.46. The molecule has 6 nitrogen and oxygen atoms in total. The van der Waals surface area contributed by atoms with Gasteiger partial charge in [0.1, 0.15) is 0 Å². The van der Waals surface area contributed by atoms with Gasteiger partial charge in [0.2, 0.25) is 11.8 Å². The molecule has 1 saturated heterocycles. The molecule has 5 atom stereocenters. The first-order chi connectivity index (χ1) is 15.4. The van der Waals surface area contributed by atoms with Crippen molar-refractivity contribution in [3.05, 3.63) is 77.4 Å². The number of aryl methyl sites for hydroxylation is 2. The molecule has 4 amide bonds. The van der Waals surface area contributed by atoms with Crippen molar-refractivity contribution in [3.8, 4) is 0 Å². The quantitative estimate of drug-likeness (QED) is 0.558. The highest BCUT2D eigenvalue weighted by Crippen LogP contribution is 2.53. The van der Waals surface area contributed by atoms with Crippen molar-refractivity contribution in [2.75, 3.05) is 11.9 Å². The summed E-state index contributed by atoms with van der Waals surface area (Å²) in [7, 11) is 0. The van der Waals surface area contributed by atoms with Gasteiger partial charge in [-0.15, -0.1) is 0 Å². The van der Waals surface area contributed by atoms with Crippen molar-refractivity contribution < 1.29 is 14.4 Å². The van der Waals surface area contributed by atoms with E-state index >= 15 is 0 Å². The molecule has 0 spiro atoms. The largest absolute Gasteiger partial charge is 0.335 e. The second-order valence-corrected chi connectivity index (χ2v) is 9.13. The minimum absolute atomic E-state index is 0.109. The lowest BCUT2D eigenvalue weighted by Gasteiger charge is -2.28. The number of nitrogens with zero attached hydrogens (tertiary/aromatic N) is 1. The van der Waals surface area contributed by atoms with E-state index in [-0.39, 0.29) is 48.1 Å². The lowest BCUT2D eigenvalue weighted by atomic mass is 9.85. The Morgan fingerprint density at radius 1 is 1.00 bits per heavy atom. The van der Waals surface area contributed by atoms with Crippen molar-refractivity contribution in [3.63, 3.8) is 0 Å². The Kier molecular flexibility index (Phi) is 5.08. The van der Waals surface area contributed by atoms with Gasteiger partial charge in [0, 0.05) is 12.2 Å². The zero-order chi connectivity index (χ0) is 22.4. The summed E-state index contributed by atoms with van der Waals surface area (Å²) in [6.07, 6.45) is 5.08. The van der Waals surface area contributed by atoms with Crippen molar-refractivity contribution in [1.29, 1.82) is 0 Å². The SMILES string of the molecule is Cc1ccc(NC(=O)NCC(c2ccccc2)N2C(=O)C3C4C=CC(C4)C3C2=O)c(C)c1. The maximum Gasteiger partial charge on any atom is 0.319 e. The molecule has 164 valence electrons. The molecule has 1 heterocycles. The molecular weight excluding hydrogens is 402 g/mol. The number of carbonyl (C=O) groups excluding carboxylic acids is 3. The number of carbonyl (C=O) groups is 3. The van der Waals surface area contributed by atoms with E-state index in [1.807, 2.05) is 62.4 Å². The number of anilines is 1. The summed E-state index contributed by atoms with van der Waals surface area (Å²) >= 11 is 0. The van der Waals surface area contributed by atoms with Gasteiger partial charge in [0.05, 0.1) is 17.9 Å². The van der Waals surface area contributed by atoms with Gasteiger partial charge >= 0.3 is 6.03 Å². The van der Waals surface area contributed by atoms with E-state index in [2.05, 4.69) is 22.8 Å².